The number of benzene rings is 2. The highest BCUT2D eigenvalue weighted by molar-refractivity contribution is 5.99. The molecule has 0 fully saturated rings. The first-order valence-corrected chi connectivity index (χ1v) is 7.15. The van der Waals surface area contributed by atoms with Crippen LogP contribution in [-0.4, -0.2) is 33.1 Å². The van der Waals surface area contributed by atoms with Crippen LogP contribution in [0.2, 0.25) is 0 Å². The molecule has 0 saturated carbocycles. The van der Waals surface area contributed by atoms with Crippen molar-refractivity contribution in [3.05, 3.63) is 77.9 Å². The number of hydrogen-bond acceptors (Lipinski definition) is 5. The van der Waals surface area contributed by atoms with Crippen molar-refractivity contribution in [3.63, 3.8) is 0 Å². The molecule has 126 valence electrons. The van der Waals surface area contributed by atoms with Crippen LogP contribution >= 0.6 is 0 Å². The van der Waals surface area contributed by atoms with Gasteiger partial charge in [0.05, 0.1) is 11.3 Å². The Bertz CT molecular complexity index is 909. The molecule has 8 heteroatoms. The minimum atomic E-state index is -1.14. The van der Waals surface area contributed by atoms with Crippen molar-refractivity contribution < 1.29 is 23.1 Å². The van der Waals surface area contributed by atoms with E-state index in [1.807, 2.05) is 0 Å². The summed E-state index contributed by atoms with van der Waals surface area (Å²) in [5.41, 5.74) is 0.863. The van der Waals surface area contributed by atoms with Gasteiger partial charge < -0.3 is 4.74 Å². The fourth-order valence-corrected chi connectivity index (χ4v) is 2.06. The van der Waals surface area contributed by atoms with E-state index in [2.05, 4.69) is 10.1 Å². The molecule has 0 aliphatic heterocycles. The highest BCUT2D eigenvalue weighted by atomic mass is 19.2. The average Bonchev–Trinajstić information content (AvgIpc) is 3.16. The fourth-order valence-electron chi connectivity index (χ4n) is 2.06. The third-order valence-corrected chi connectivity index (χ3v) is 3.36. The van der Waals surface area contributed by atoms with Crippen molar-refractivity contribution in [2.24, 2.45) is 0 Å². The molecule has 0 N–H and O–H groups in total. The molecular weight excluding hydrogens is 332 g/mol. The molecule has 0 radical (unpaired) electrons. The summed E-state index contributed by atoms with van der Waals surface area (Å²) in [6.07, 6.45) is 2.89. The van der Waals surface area contributed by atoms with Gasteiger partial charge in [0, 0.05) is 5.56 Å². The number of halogens is 2. The van der Waals surface area contributed by atoms with Gasteiger partial charge in [0.25, 0.3) is 0 Å². The lowest BCUT2D eigenvalue weighted by Gasteiger charge is -2.06. The Morgan fingerprint density at radius 3 is 2.36 bits per heavy atom. The smallest absolute Gasteiger partial charge is 0.338 e. The zero-order chi connectivity index (χ0) is 17.8. The Balaban J connectivity index is 1.62. The van der Waals surface area contributed by atoms with Crippen LogP contribution in [0.1, 0.15) is 20.7 Å². The molecular formula is C17H11F2N3O3. The molecule has 0 saturated heterocycles. The van der Waals surface area contributed by atoms with Crippen LogP contribution < -0.4 is 0 Å². The van der Waals surface area contributed by atoms with Gasteiger partial charge in [0.1, 0.15) is 12.7 Å². The van der Waals surface area contributed by atoms with E-state index >= 15 is 0 Å². The molecule has 0 unspecified atom stereocenters. The molecule has 25 heavy (non-hydrogen) atoms. The summed E-state index contributed by atoms with van der Waals surface area (Å²) in [6, 6.07) is 9.04. The second kappa shape index (κ2) is 7.00. The van der Waals surface area contributed by atoms with E-state index in [-0.39, 0.29) is 11.1 Å². The van der Waals surface area contributed by atoms with E-state index < -0.39 is 30.0 Å². The van der Waals surface area contributed by atoms with Gasteiger partial charge >= 0.3 is 5.97 Å². The normalized spacial score (nSPS) is 10.5. The molecule has 1 heterocycles. The first kappa shape index (κ1) is 16.4. The van der Waals surface area contributed by atoms with Gasteiger partial charge in [-0.2, -0.15) is 5.10 Å². The summed E-state index contributed by atoms with van der Waals surface area (Å²) in [5.74, 6) is -3.53. The molecule has 6 nitrogen and oxygen atoms in total. The standard InChI is InChI=1S/C17H11F2N3O3/c18-14-6-3-12(7-15(14)19)16(23)8-25-17(24)11-1-4-13(5-2-11)22-10-20-9-21-22/h1-7,9-10H,8H2. The second-order valence-corrected chi connectivity index (χ2v) is 5.02. The van der Waals surface area contributed by atoms with E-state index in [1.54, 1.807) is 12.1 Å². The average molecular weight is 343 g/mol. The fraction of sp³-hybridized carbons (Fsp3) is 0.0588. The summed E-state index contributed by atoms with van der Waals surface area (Å²) in [4.78, 5) is 27.6. The van der Waals surface area contributed by atoms with Crippen LogP contribution in [0, 0.1) is 11.6 Å². The van der Waals surface area contributed by atoms with Gasteiger partial charge in [-0.15, -0.1) is 0 Å². The number of esters is 1. The van der Waals surface area contributed by atoms with Gasteiger partial charge in [0.15, 0.2) is 24.0 Å². The van der Waals surface area contributed by atoms with Gasteiger partial charge in [-0.1, -0.05) is 0 Å². The van der Waals surface area contributed by atoms with Gasteiger partial charge in [0.2, 0.25) is 0 Å². The van der Waals surface area contributed by atoms with Gasteiger partial charge in [-0.3, -0.25) is 4.79 Å². The number of carbonyl (C=O) groups excluding carboxylic acids is 2. The SMILES string of the molecule is O=C(COC(=O)c1ccc(-n2cncn2)cc1)c1ccc(F)c(F)c1. The molecule has 0 atom stereocenters. The molecule has 0 aliphatic rings. The van der Waals surface area contributed by atoms with Crippen LogP contribution in [0.4, 0.5) is 8.78 Å². The maximum atomic E-state index is 13.1. The summed E-state index contributed by atoms with van der Waals surface area (Å²) >= 11 is 0. The van der Waals surface area contributed by atoms with Crippen molar-refractivity contribution in [2.45, 2.75) is 0 Å². The summed E-state index contributed by atoms with van der Waals surface area (Å²) in [5, 5.41) is 3.95. The number of aromatic nitrogens is 3. The van der Waals surface area contributed by atoms with Crippen LogP contribution in [0.15, 0.2) is 55.1 Å². The lowest BCUT2D eigenvalue weighted by atomic mass is 10.1. The third kappa shape index (κ3) is 3.74. The van der Waals surface area contributed by atoms with E-state index in [4.69, 9.17) is 4.74 Å². The lowest BCUT2D eigenvalue weighted by Crippen LogP contribution is -2.14. The van der Waals surface area contributed by atoms with Crippen LogP contribution in [0.25, 0.3) is 5.69 Å². The molecule has 0 spiro atoms. The largest absolute Gasteiger partial charge is 0.454 e. The van der Waals surface area contributed by atoms with Crippen LogP contribution in [0.5, 0.6) is 0 Å². The maximum Gasteiger partial charge on any atom is 0.338 e. The Hall–Kier alpha value is -3.42. The first-order chi connectivity index (χ1) is 12.0. The van der Waals surface area contributed by atoms with E-state index in [0.717, 1.165) is 18.2 Å². The molecule has 3 aromatic rings. The minimum Gasteiger partial charge on any atom is -0.454 e. The first-order valence-electron chi connectivity index (χ1n) is 7.15. The van der Waals surface area contributed by atoms with Crippen molar-refractivity contribution >= 4 is 11.8 Å². The predicted molar refractivity (Wildman–Crippen MR) is 82.3 cm³/mol. The summed E-state index contributed by atoms with van der Waals surface area (Å²) < 4.78 is 32.4. The number of ether oxygens (including phenoxy) is 1. The van der Waals surface area contributed by atoms with Crippen LogP contribution in [0.3, 0.4) is 0 Å². The zero-order valence-corrected chi connectivity index (χ0v) is 12.7. The third-order valence-electron chi connectivity index (χ3n) is 3.36. The molecule has 0 aliphatic carbocycles. The molecule has 0 amide bonds. The van der Waals surface area contributed by atoms with Gasteiger partial charge in [-0.25, -0.2) is 23.2 Å². The van der Waals surface area contributed by atoms with Crippen LogP contribution in [-0.2, 0) is 4.74 Å². The molecule has 1 aromatic heterocycles. The highest BCUT2D eigenvalue weighted by Crippen LogP contribution is 2.11. The Morgan fingerprint density at radius 2 is 1.72 bits per heavy atom. The number of carbonyl (C=O) groups is 2. The lowest BCUT2D eigenvalue weighted by molar-refractivity contribution is 0.0474. The summed E-state index contributed by atoms with van der Waals surface area (Å²) in [6.45, 7) is -0.575. The zero-order valence-electron chi connectivity index (χ0n) is 12.7. The van der Waals surface area contributed by atoms with Crippen molar-refractivity contribution in [1.82, 2.24) is 14.8 Å². The van der Waals surface area contributed by atoms with Crippen molar-refractivity contribution in [1.29, 1.82) is 0 Å². The predicted octanol–water partition coefficient (Wildman–Crippen LogP) is 2.59. The Kier molecular flexibility index (Phi) is 4.60. The van der Waals surface area contributed by atoms with E-state index in [1.165, 1.54) is 29.5 Å². The number of Topliss-reactive ketones (excluding diaryl/α,β-unsaturated/α-hetero) is 1. The monoisotopic (exact) mass is 343 g/mol. The molecule has 3 rings (SSSR count). The Morgan fingerprint density at radius 1 is 1.00 bits per heavy atom. The minimum absolute atomic E-state index is 0.0757. The molecule has 2 aromatic carbocycles. The molecule has 0 bridgehead atoms. The Labute approximate surface area is 140 Å². The number of nitrogens with zero attached hydrogens (tertiary/aromatic N) is 3. The topological polar surface area (TPSA) is 74.1 Å². The number of ketones is 1. The van der Waals surface area contributed by atoms with E-state index in [9.17, 15) is 18.4 Å². The maximum absolute atomic E-state index is 13.1. The quantitative estimate of drug-likeness (QED) is 0.526. The highest BCUT2D eigenvalue weighted by Gasteiger charge is 2.14. The number of hydrogen-bond donors (Lipinski definition) is 0. The second-order valence-electron chi connectivity index (χ2n) is 5.02. The van der Waals surface area contributed by atoms with E-state index in [0.29, 0.717) is 5.69 Å². The number of rotatable bonds is 5. The van der Waals surface area contributed by atoms with Crippen molar-refractivity contribution in [3.8, 4) is 5.69 Å². The van der Waals surface area contributed by atoms with Crippen molar-refractivity contribution in [2.75, 3.05) is 6.61 Å². The summed E-state index contributed by atoms with van der Waals surface area (Å²) in [7, 11) is 0. The van der Waals surface area contributed by atoms with Gasteiger partial charge in [-0.05, 0) is 42.5 Å².